The summed E-state index contributed by atoms with van der Waals surface area (Å²) in [6, 6.07) is 0. The molecule has 0 saturated carbocycles. The van der Waals surface area contributed by atoms with Crippen LogP contribution in [-0.4, -0.2) is 34.7 Å². The Morgan fingerprint density at radius 1 is 1.25 bits per heavy atom. The molecule has 0 spiro atoms. The van der Waals surface area contributed by atoms with Gasteiger partial charge in [-0.3, -0.25) is 4.68 Å². The molecule has 16 heavy (non-hydrogen) atoms. The molecule has 2 heterocycles. The molecule has 0 aliphatic heterocycles. The van der Waals surface area contributed by atoms with Gasteiger partial charge in [-0.15, -0.1) is 10.2 Å². The molecule has 0 atom stereocenters. The smallest absolute Gasteiger partial charge is 0.339 e. The molecule has 2 rings (SSSR count). The minimum atomic E-state index is -0.745. The third kappa shape index (κ3) is 2.02. The van der Waals surface area contributed by atoms with Gasteiger partial charge in [0.1, 0.15) is 6.33 Å². The molecule has 0 aliphatic rings. The van der Waals surface area contributed by atoms with Crippen molar-refractivity contribution >= 4 is 11.9 Å². The summed E-state index contributed by atoms with van der Waals surface area (Å²) in [5.74, 6) is -0.0101. The number of azo groups is 1. The molecule has 11 nitrogen and oxygen atoms in total. The minimum absolute atomic E-state index is 0.125. The van der Waals surface area contributed by atoms with E-state index in [2.05, 4.69) is 30.4 Å². The first-order valence-corrected chi connectivity index (χ1v) is 3.99. The number of hydrogen-bond donors (Lipinski definition) is 0. The Labute approximate surface area is 87.6 Å². The van der Waals surface area contributed by atoms with E-state index in [1.807, 2.05) is 0 Å². The fourth-order valence-electron chi connectivity index (χ4n) is 0.834. The van der Waals surface area contributed by atoms with Crippen molar-refractivity contribution in [3.63, 3.8) is 0 Å². The highest BCUT2D eigenvalue weighted by atomic mass is 16.7. The molecule has 0 bridgehead atoms. The lowest BCUT2D eigenvalue weighted by Crippen LogP contribution is -2.08. The van der Waals surface area contributed by atoms with Crippen molar-refractivity contribution in [3.8, 4) is 0 Å². The monoisotopic (exact) mass is 223 g/mol. The first-order chi connectivity index (χ1) is 7.65. The molecule has 0 aliphatic carbocycles. The quantitative estimate of drug-likeness (QED) is 0.404. The fraction of sp³-hybridized carbons (Fsp3) is 0.200. The Balaban J connectivity index is 2.14. The van der Waals surface area contributed by atoms with Crippen molar-refractivity contribution in [3.05, 3.63) is 22.8 Å². The van der Waals surface area contributed by atoms with Crippen LogP contribution in [0.3, 0.4) is 0 Å². The normalized spacial score (nSPS) is 11.1. The molecule has 0 aromatic carbocycles. The van der Waals surface area contributed by atoms with Crippen molar-refractivity contribution in [1.29, 1.82) is 0 Å². The van der Waals surface area contributed by atoms with Gasteiger partial charge in [0.05, 0.1) is 10.1 Å². The number of nitrogens with zero attached hydrogens (tertiary/aromatic N) is 9. The second-order valence-corrected chi connectivity index (χ2v) is 2.62. The Morgan fingerprint density at radius 3 is 2.38 bits per heavy atom. The average Bonchev–Trinajstić information content (AvgIpc) is 2.83. The first-order valence-electron chi connectivity index (χ1n) is 3.99. The molecule has 2 aromatic heterocycles. The van der Waals surface area contributed by atoms with Gasteiger partial charge in [-0.2, -0.15) is 9.97 Å². The van der Waals surface area contributed by atoms with Crippen LogP contribution in [0.15, 0.2) is 22.9 Å². The second-order valence-electron chi connectivity index (χ2n) is 2.62. The molecule has 0 saturated heterocycles. The zero-order valence-corrected chi connectivity index (χ0v) is 8.00. The maximum atomic E-state index is 10.3. The molecule has 0 unspecified atom stereocenters. The van der Waals surface area contributed by atoms with Gasteiger partial charge in [0.15, 0.2) is 6.33 Å². The van der Waals surface area contributed by atoms with Crippen LogP contribution in [0, 0.1) is 10.1 Å². The summed E-state index contributed by atoms with van der Waals surface area (Å²) in [5.41, 5.74) is 0. The van der Waals surface area contributed by atoms with Crippen molar-refractivity contribution in [1.82, 2.24) is 29.6 Å². The highest BCUT2D eigenvalue weighted by Crippen LogP contribution is 2.08. The van der Waals surface area contributed by atoms with Gasteiger partial charge in [0.2, 0.25) is 0 Å². The molecule has 2 aromatic rings. The third-order valence-corrected chi connectivity index (χ3v) is 1.45. The van der Waals surface area contributed by atoms with Gasteiger partial charge in [-0.05, 0) is 0 Å². The lowest BCUT2D eigenvalue weighted by molar-refractivity contribution is -0.552. The Morgan fingerprint density at radius 2 is 1.88 bits per heavy atom. The van der Waals surface area contributed by atoms with E-state index in [0.717, 1.165) is 6.33 Å². The number of aryl methyl sites for hydroxylation is 1. The van der Waals surface area contributed by atoms with E-state index in [4.69, 9.17) is 0 Å². The van der Waals surface area contributed by atoms with Gasteiger partial charge in [-0.1, -0.05) is 5.11 Å². The Bertz CT molecular complexity index is 540. The molecule has 0 radical (unpaired) electrons. The highest BCUT2D eigenvalue weighted by Gasteiger charge is 2.09. The molecule has 0 amide bonds. The summed E-state index contributed by atoms with van der Waals surface area (Å²) < 4.78 is 1.44. The zero-order valence-electron chi connectivity index (χ0n) is 8.00. The van der Waals surface area contributed by atoms with Crippen LogP contribution >= 0.6 is 0 Å². The largest absolute Gasteiger partial charge is 0.410 e. The molecular formula is C5H5N9O2. The molecule has 0 N–H and O–H groups in total. The summed E-state index contributed by atoms with van der Waals surface area (Å²) in [4.78, 5) is 18.0. The summed E-state index contributed by atoms with van der Waals surface area (Å²) in [6.45, 7) is 0. The van der Waals surface area contributed by atoms with Crippen LogP contribution in [0.25, 0.3) is 0 Å². The standard InChI is InChI=1S/C5H5N9O2/c1-12-2-6-4(10-12)8-9-5-7-3-13(11-5)14(15)16/h2-3H,1H3. The number of rotatable bonds is 3. The van der Waals surface area contributed by atoms with E-state index < -0.39 is 5.03 Å². The van der Waals surface area contributed by atoms with Gasteiger partial charge >= 0.3 is 5.95 Å². The average molecular weight is 223 g/mol. The second kappa shape index (κ2) is 3.80. The van der Waals surface area contributed by atoms with Gasteiger partial charge in [0.25, 0.3) is 5.95 Å². The van der Waals surface area contributed by atoms with Crippen molar-refractivity contribution in [2.75, 3.05) is 0 Å². The van der Waals surface area contributed by atoms with Crippen LogP contribution in [0.5, 0.6) is 0 Å². The van der Waals surface area contributed by atoms with E-state index in [0.29, 0.717) is 4.79 Å². The third-order valence-electron chi connectivity index (χ3n) is 1.45. The number of nitro groups is 1. The van der Waals surface area contributed by atoms with Gasteiger partial charge in [-0.25, -0.2) is 0 Å². The zero-order chi connectivity index (χ0) is 11.5. The lowest BCUT2D eigenvalue weighted by atomic mass is 11.0. The van der Waals surface area contributed by atoms with Gasteiger partial charge in [0, 0.05) is 11.8 Å². The topological polar surface area (TPSA) is 129 Å². The number of aromatic nitrogens is 6. The first kappa shape index (κ1) is 9.82. The predicted octanol–water partition coefficient (Wildman–Crippen LogP) is -0.138. The van der Waals surface area contributed by atoms with Crippen molar-refractivity contribution < 1.29 is 5.03 Å². The van der Waals surface area contributed by atoms with Crippen LogP contribution < -0.4 is 0 Å². The molecule has 11 heteroatoms. The predicted molar refractivity (Wildman–Crippen MR) is 47.6 cm³/mol. The van der Waals surface area contributed by atoms with Crippen LogP contribution in [0.4, 0.5) is 11.9 Å². The van der Waals surface area contributed by atoms with Gasteiger partial charge < -0.3 is 10.1 Å². The van der Waals surface area contributed by atoms with Crippen LogP contribution in [0.2, 0.25) is 0 Å². The van der Waals surface area contributed by atoms with E-state index in [9.17, 15) is 10.1 Å². The summed E-state index contributed by atoms with van der Waals surface area (Å²) in [6.07, 6.45) is 2.36. The van der Waals surface area contributed by atoms with Crippen LogP contribution in [-0.2, 0) is 7.05 Å². The maximum absolute atomic E-state index is 10.3. The minimum Gasteiger partial charge on any atom is -0.339 e. The maximum Gasteiger partial charge on any atom is 0.410 e. The fourth-order valence-corrected chi connectivity index (χ4v) is 0.834. The summed E-state index contributed by atoms with van der Waals surface area (Å²) >= 11 is 0. The van der Waals surface area contributed by atoms with Crippen LogP contribution in [0.1, 0.15) is 0 Å². The number of hydrogen-bond acceptors (Lipinski definition) is 8. The summed E-state index contributed by atoms with van der Waals surface area (Å²) in [5, 5.41) is 23.9. The lowest BCUT2D eigenvalue weighted by Gasteiger charge is -1.84. The van der Waals surface area contributed by atoms with E-state index in [1.165, 1.54) is 11.0 Å². The molecule has 0 fully saturated rings. The van der Waals surface area contributed by atoms with E-state index in [-0.39, 0.29) is 11.9 Å². The SMILES string of the molecule is Cn1cnc(N=Nc2ncn([N+](=O)[O-])n2)n1. The molecular weight excluding hydrogens is 218 g/mol. The molecule has 82 valence electrons. The van der Waals surface area contributed by atoms with Crippen molar-refractivity contribution in [2.45, 2.75) is 0 Å². The summed E-state index contributed by atoms with van der Waals surface area (Å²) in [7, 11) is 1.67. The Kier molecular flexibility index (Phi) is 2.33. The highest BCUT2D eigenvalue weighted by molar-refractivity contribution is 5.13. The van der Waals surface area contributed by atoms with E-state index >= 15 is 0 Å². The Hall–Kier alpha value is -2.72. The van der Waals surface area contributed by atoms with E-state index in [1.54, 1.807) is 7.05 Å². The van der Waals surface area contributed by atoms with Crippen molar-refractivity contribution in [2.24, 2.45) is 17.3 Å².